The Morgan fingerprint density at radius 3 is 2.29 bits per heavy atom. The highest BCUT2D eigenvalue weighted by Crippen LogP contribution is 2.28. The molecule has 0 fully saturated rings. The number of carbonyl (C=O) groups is 1. The van der Waals surface area contributed by atoms with E-state index in [0.29, 0.717) is 12.8 Å². The van der Waals surface area contributed by atoms with E-state index in [1.54, 1.807) is 0 Å². The minimum absolute atomic E-state index is 0.167. The summed E-state index contributed by atoms with van der Waals surface area (Å²) in [7, 11) is 1.42. The molecule has 0 saturated heterocycles. The van der Waals surface area contributed by atoms with Crippen LogP contribution in [-0.4, -0.2) is 18.0 Å². The smallest absolute Gasteiger partial charge is 0.305 e. The predicted octanol–water partition coefficient (Wildman–Crippen LogP) is 4.69. The van der Waals surface area contributed by atoms with E-state index in [4.69, 9.17) is 11.6 Å². The maximum Gasteiger partial charge on any atom is 0.305 e. The lowest BCUT2D eigenvalue weighted by Crippen LogP contribution is -2.18. The van der Waals surface area contributed by atoms with Crippen LogP contribution < -0.4 is 0 Å². The number of hydrogen-bond donors (Lipinski definition) is 0. The first kappa shape index (κ1) is 16.8. The molecule has 0 saturated carbocycles. The van der Waals surface area contributed by atoms with E-state index in [9.17, 15) is 4.79 Å². The molecule has 0 heterocycles. The molecular weight excluding hydrogens is 236 g/mol. The molecule has 0 N–H and O–H groups in total. The van der Waals surface area contributed by atoms with E-state index in [1.165, 1.54) is 39.2 Å². The van der Waals surface area contributed by atoms with E-state index in [2.05, 4.69) is 11.7 Å². The summed E-state index contributed by atoms with van der Waals surface area (Å²) in [5, 5.41) is 0. The highest BCUT2D eigenvalue weighted by Gasteiger charge is 2.21. The largest absolute Gasteiger partial charge is 0.469 e. The molecule has 0 aromatic rings. The summed E-state index contributed by atoms with van der Waals surface area (Å²) in [4.78, 5) is 10.8. The van der Waals surface area contributed by atoms with Crippen LogP contribution in [0.2, 0.25) is 0 Å². The van der Waals surface area contributed by atoms with Crippen molar-refractivity contribution in [1.82, 2.24) is 0 Å². The molecule has 0 rings (SSSR count). The molecule has 0 bridgehead atoms. The van der Waals surface area contributed by atoms with Crippen molar-refractivity contribution in [3.8, 4) is 0 Å². The van der Waals surface area contributed by atoms with Gasteiger partial charge in [-0.05, 0) is 19.8 Å². The number of alkyl halides is 1. The van der Waals surface area contributed by atoms with E-state index in [1.807, 2.05) is 6.92 Å². The van der Waals surface area contributed by atoms with Gasteiger partial charge in [-0.25, -0.2) is 0 Å². The normalized spacial score (nSPS) is 14.4. The third-order valence-corrected chi connectivity index (χ3v) is 3.51. The number of hydrogen-bond acceptors (Lipinski definition) is 2. The Balaban J connectivity index is 3.53. The predicted molar refractivity (Wildman–Crippen MR) is 73.5 cm³/mol. The van der Waals surface area contributed by atoms with Crippen LogP contribution in [0.15, 0.2) is 0 Å². The molecule has 102 valence electrons. The molecule has 0 amide bonds. The fourth-order valence-electron chi connectivity index (χ4n) is 1.86. The Morgan fingerprint density at radius 2 is 1.71 bits per heavy atom. The molecule has 1 unspecified atom stereocenters. The van der Waals surface area contributed by atoms with Crippen molar-refractivity contribution in [2.75, 3.05) is 7.11 Å². The average molecular weight is 263 g/mol. The lowest BCUT2D eigenvalue weighted by Gasteiger charge is -2.21. The maximum absolute atomic E-state index is 11.0. The zero-order valence-corrected chi connectivity index (χ0v) is 12.3. The Hall–Kier alpha value is -0.240. The van der Waals surface area contributed by atoms with Gasteiger partial charge >= 0.3 is 5.97 Å². The molecule has 0 aliphatic heterocycles. The number of rotatable bonds is 10. The van der Waals surface area contributed by atoms with E-state index >= 15 is 0 Å². The van der Waals surface area contributed by atoms with Gasteiger partial charge in [0, 0.05) is 11.3 Å². The second-order valence-corrected chi connectivity index (χ2v) is 5.92. The van der Waals surface area contributed by atoms with Crippen LogP contribution in [-0.2, 0) is 9.53 Å². The Bertz CT molecular complexity index is 202. The first-order valence-electron chi connectivity index (χ1n) is 6.77. The van der Waals surface area contributed by atoms with Crippen LogP contribution in [0, 0.1) is 0 Å². The Morgan fingerprint density at radius 1 is 1.12 bits per heavy atom. The summed E-state index contributed by atoms with van der Waals surface area (Å²) in [5.41, 5.74) is 0. The zero-order chi connectivity index (χ0) is 13.1. The molecule has 3 heteroatoms. The van der Waals surface area contributed by atoms with Crippen molar-refractivity contribution in [2.24, 2.45) is 0 Å². The van der Waals surface area contributed by atoms with Gasteiger partial charge in [-0.1, -0.05) is 45.4 Å². The highest BCUT2D eigenvalue weighted by atomic mass is 35.5. The highest BCUT2D eigenvalue weighted by molar-refractivity contribution is 6.23. The Kier molecular flexibility index (Phi) is 9.62. The standard InChI is InChI=1S/C14H27ClO2/c1-4-5-6-7-8-9-11-14(2,15)12-10-13(16)17-3/h4-12H2,1-3H3. The lowest BCUT2D eigenvalue weighted by atomic mass is 9.96. The molecule has 0 aromatic heterocycles. The first-order chi connectivity index (χ1) is 8.02. The molecule has 0 aliphatic carbocycles. The first-order valence-corrected chi connectivity index (χ1v) is 7.15. The number of carbonyl (C=O) groups excluding carboxylic acids is 1. The van der Waals surface area contributed by atoms with E-state index in [0.717, 1.165) is 12.8 Å². The van der Waals surface area contributed by atoms with Crippen LogP contribution in [0.5, 0.6) is 0 Å². The molecule has 0 spiro atoms. The molecular formula is C14H27ClO2. The maximum atomic E-state index is 11.0. The monoisotopic (exact) mass is 262 g/mol. The second-order valence-electron chi connectivity index (χ2n) is 5.01. The summed E-state index contributed by atoms with van der Waals surface area (Å²) in [5.74, 6) is -0.167. The summed E-state index contributed by atoms with van der Waals surface area (Å²) in [6.45, 7) is 4.24. The third kappa shape index (κ3) is 10.6. The van der Waals surface area contributed by atoms with Gasteiger partial charge < -0.3 is 4.74 Å². The van der Waals surface area contributed by atoms with Crippen LogP contribution in [0.4, 0.5) is 0 Å². The lowest BCUT2D eigenvalue weighted by molar-refractivity contribution is -0.140. The number of unbranched alkanes of at least 4 members (excludes halogenated alkanes) is 5. The van der Waals surface area contributed by atoms with Gasteiger partial charge in [-0.2, -0.15) is 0 Å². The molecule has 2 nitrogen and oxygen atoms in total. The van der Waals surface area contributed by atoms with Gasteiger partial charge in [0.05, 0.1) is 7.11 Å². The van der Waals surface area contributed by atoms with Gasteiger partial charge in [0.1, 0.15) is 0 Å². The molecule has 17 heavy (non-hydrogen) atoms. The van der Waals surface area contributed by atoms with Gasteiger partial charge in [0.25, 0.3) is 0 Å². The van der Waals surface area contributed by atoms with Crippen molar-refractivity contribution in [2.45, 2.75) is 76.5 Å². The quantitative estimate of drug-likeness (QED) is 0.324. The number of halogens is 1. The van der Waals surface area contributed by atoms with Crippen molar-refractivity contribution in [3.63, 3.8) is 0 Å². The Labute approximate surface area is 111 Å². The third-order valence-electron chi connectivity index (χ3n) is 3.13. The molecule has 1 atom stereocenters. The van der Waals surface area contributed by atoms with Crippen molar-refractivity contribution in [1.29, 1.82) is 0 Å². The van der Waals surface area contributed by atoms with Gasteiger partial charge in [0.2, 0.25) is 0 Å². The van der Waals surface area contributed by atoms with Crippen LogP contribution in [0.1, 0.15) is 71.6 Å². The van der Waals surface area contributed by atoms with Crippen LogP contribution in [0.3, 0.4) is 0 Å². The second kappa shape index (κ2) is 9.76. The zero-order valence-electron chi connectivity index (χ0n) is 11.6. The summed E-state index contributed by atoms with van der Waals surface area (Å²) >= 11 is 6.37. The summed E-state index contributed by atoms with van der Waals surface area (Å²) in [6, 6.07) is 0. The topological polar surface area (TPSA) is 26.3 Å². The van der Waals surface area contributed by atoms with Gasteiger partial charge in [0.15, 0.2) is 0 Å². The number of esters is 1. The number of methoxy groups -OCH3 is 1. The van der Waals surface area contributed by atoms with E-state index < -0.39 is 0 Å². The fraction of sp³-hybridized carbons (Fsp3) is 0.929. The van der Waals surface area contributed by atoms with Crippen molar-refractivity contribution in [3.05, 3.63) is 0 Å². The van der Waals surface area contributed by atoms with Crippen molar-refractivity contribution >= 4 is 17.6 Å². The molecule has 0 aliphatic rings. The minimum Gasteiger partial charge on any atom is -0.469 e. The van der Waals surface area contributed by atoms with E-state index in [-0.39, 0.29) is 10.8 Å². The molecule has 0 radical (unpaired) electrons. The average Bonchev–Trinajstić information content (AvgIpc) is 2.30. The van der Waals surface area contributed by atoms with Gasteiger partial charge in [-0.3, -0.25) is 4.79 Å². The SMILES string of the molecule is CCCCCCCCC(C)(Cl)CCC(=O)OC. The fourth-order valence-corrected chi connectivity index (χ4v) is 2.09. The number of ether oxygens (including phenoxy) is 1. The minimum atomic E-state index is -0.251. The summed E-state index contributed by atoms with van der Waals surface area (Å²) in [6.07, 6.45) is 9.77. The van der Waals surface area contributed by atoms with Crippen LogP contribution >= 0.6 is 11.6 Å². The van der Waals surface area contributed by atoms with Crippen molar-refractivity contribution < 1.29 is 9.53 Å². The summed E-state index contributed by atoms with van der Waals surface area (Å²) < 4.78 is 4.62. The molecule has 0 aromatic carbocycles. The van der Waals surface area contributed by atoms with Gasteiger partial charge in [-0.15, -0.1) is 11.6 Å². The van der Waals surface area contributed by atoms with Crippen LogP contribution in [0.25, 0.3) is 0 Å².